The number of aromatic nitrogens is 6. The van der Waals surface area contributed by atoms with Gasteiger partial charge in [0.1, 0.15) is 28.6 Å². The maximum Gasteiger partial charge on any atom is 0.446 e. The first-order valence-corrected chi connectivity index (χ1v) is 38.9. The molecular weight excluding hydrogens is 1600 g/mol. The summed E-state index contributed by atoms with van der Waals surface area (Å²) < 4.78 is 90.7. The molecule has 7 heterocycles. The zero-order chi connectivity index (χ0) is 80.9. The van der Waals surface area contributed by atoms with Gasteiger partial charge in [0.05, 0.1) is 83.6 Å². The smallest absolute Gasteiger partial charge is 0.446 e. The summed E-state index contributed by atoms with van der Waals surface area (Å²) >= 11 is 43.5. The number of piperidine rings is 3. The highest BCUT2D eigenvalue weighted by Gasteiger charge is 2.51. The number of aryl methyl sites for hydroxylation is 3. The minimum atomic E-state index is -4.64. The maximum absolute atomic E-state index is 14.5. The molecule has 112 heavy (non-hydrogen) atoms. The Morgan fingerprint density at radius 3 is 1.40 bits per heavy atom. The number of nitrogens with zero attached hydrogens (tertiary/aromatic N) is 8. The molecule has 6 aromatic carbocycles. The number of carbonyl (C=O) groups is 3. The number of aldehydes is 1. The van der Waals surface area contributed by atoms with E-state index in [1.54, 1.807) is 74.5 Å². The van der Waals surface area contributed by atoms with Crippen LogP contribution in [0.15, 0.2) is 109 Å². The molecule has 7 N–H and O–H groups in total. The number of anilines is 2. The molecule has 0 bridgehead atoms. The summed E-state index contributed by atoms with van der Waals surface area (Å²) in [5.41, 5.74) is 29.6. The van der Waals surface area contributed by atoms with E-state index in [9.17, 15) is 35.9 Å². The van der Waals surface area contributed by atoms with Crippen molar-refractivity contribution in [3.8, 4) is 39.5 Å². The molecule has 0 unspecified atom stereocenters. The quantitative estimate of drug-likeness (QED) is 0.0406. The largest absolute Gasteiger partial charge is 0.482 e. The third-order valence-corrected chi connectivity index (χ3v) is 24.0. The third kappa shape index (κ3) is 18.0. The van der Waals surface area contributed by atoms with Crippen molar-refractivity contribution in [2.75, 3.05) is 62.3 Å². The van der Waals surface area contributed by atoms with Crippen LogP contribution in [0.25, 0.3) is 33.8 Å². The van der Waals surface area contributed by atoms with Crippen LogP contribution in [0.3, 0.4) is 0 Å². The molecule has 6 aliphatic rings. The SMILES string of the molecule is CC(=O)c1nc(-c2cccc(Cl)c2Cl)c(C)nc1Cl.CCOC(=O)c1nc(-c2cccc(Cl)c2Cl)c(C)nc1N1CCC2(CC1)Cc1c(F)cccc1[C@H]2N.CCOCc1nc(-c2cccc(Cl)c2Cl)c(C)nc1N1CCC2(CC1)Cc1c(F)cccc1[C@H]2N.N[C@@H]1c2cccc(F)c2OC12CCNCC2.O=CC(F)(F)F.[3HH]. The Morgan fingerprint density at radius 2 is 0.973 bits per heavy atom. The predicted octanol–water partition coefficient (Wildman–Crippen LogP) is 19.1. The van der Waals surface area contributed by atoms with E-state index in [-0.39, 0.29) is 76.8 Å². The fraction of sp³-hybridized carbons (Fsp3) is 0.370. The minimum Gasteiger partial charge on any atom is -0.482 e. The highest BCUT2D eigenvalue weighted by atomic mass is 35.5. The molecule has 18 nitrogen and oxygen atoms in total. The second kappa shape index (κ2) is 35.9. The summed E-state index contributed by atoms with van der Waals surface area (Å²) in [7, 11) is 0. The molecule has 3 saturated heterocycles. The van der Waals surface area contributed by atoms with Gasteiger partial charge >= 0.3 is 12.1 Å². The number of halogens is 13. The number of nitrogens with one attached hydrogen (secondary N) is 1. The number of benzene rings is 6. The number of alkyl halides is 3. The third-order valence-electron chi connectivity index (χ3n) is 21.3. The van der Waals surface area contributed by atoms with Gasteiger partial charge in [-0.05, 0) is 156 Å². The van der Waals surface area contributed by atoms with Crippen LogP contribution in [-0.2, 0) is 33.7 Å². The average Bonchev–Trinajstić information content (AvgIpc) is 1.64. The number of hydrogen-bond donors (Lipinski definition) is 4. The maximum atomic E-state index is 14.5. The van der Waals surface area contributed by atoms with Crippen molar-refractivity contribution in [3.63, 3.8) is 0 Å². The number of ether oxygens (including phenoxy) is 3. The molecule has 3 aromatic heterocycles. The molecule has 0 amide bonds. The van der Waals surface area contributed by atoms with E-state index in [2.05, 4.69) is 20.2 Å². The Bertz CT molecular complexity index is 5020. The normalized spacial score (nSPS) is 18.0. The van der Waals surface area contributed by atoms with Crippen molar-refractivity contribution in [2.45, 2.75) is 129 Å². The second-order valence-electron chi connectivity index (χ2n) is 28.1. The van der Waals surface area contributed by atoms with Crippen LogP contribution in [0.4, 0.5) is 38.0 Å². The highest BCUT2D eigenvalue weighted by molar-refractivity contribution is 6.45. The van der Waals surface area contributed by atoms with E-state index in [4.69, 9.17) is 137 Å². The van der Waals surface area contributed by atoms with E-state index in [0.717, 1.165) is 115 Å². The van der Waals surface area contributed by atoms with Crippen LogP contribution < -0.4 is 37.1 Å². The van der Waals surface area contributed by atoms with Gasteiger partial charge in [0.25, 0.3) is 0 Å². The number of esters is 1. The fourth-order valence-corrected chi connectivity index (χ4v) is 16.9. The summed E-state index contributed by atoms with van der Waals surface area (Å²) in [6.07, 6.45) is 0.480. The molecule has 0 saturated carbocycles. The number of rotatable bonds is 11. The van der Waals surface area contributed by atoms with Gasteiger partial charge in [-0.2, -0.15) is 13.2 Å². The molecular formula is C81H83Cl7F6N12O6. The van der Waals surface area contributed by atoms with E-state index in [0.29, 0.717) is 120 Å². The predicted molar refractivity (Wildman–Crippen MR) is 428 cm³/mol. The van der Waals surface area contributed by atoms with E-state index >= 15 is 0 Å². The molecule has 4 aliphatic heterocycles. The molecule has 594 valence electrons. The van der Waals surface area contributed by atoms with Crippen LogP contribution in [0.5, 0.6) is 5.75 Å². The summed E-state index contributed by atoms with van der Waals surface area (Å²) in [6.45, 7) is 16.3. The second-order valence-corrected chi connectivity index (χ2v) is 30.8. The van der Waals surface area contributed by atoms with Gasteiger partial charge in [-0.1, -0.05) is 154 Å². The molecule has 31 heteroatoms. The van der Waals surface area contributed by atoms with Gasteiger partial charge in [-0.3, -0.25) is 9.59 Å². The summed E-state index contributed by atoms with van der Waals surface area (Å²) in [5.74, 6) is 0.210. The Labute approximate surface area is 681 Å². The number of hydrogen-bond acceptors (Lipinski definition) is 18. The molecule has 9 aromatic rings. The highest BCUT2D eigenvalue weighted by Crippen LogP contribution is 2.54. The molecule has 2 aliphatic carbocycles. The zero-order valence-corrected chi connectivity index (χ0v) is 67.2. The first-order chi connectivity index (χ1) is 53.3. The van der Waals surface area contributed by atoms with Crippen molar-refractivity contribution in [1.29, 1.82) is 0 Å². The molecule has 3 fully saturated rings. The Hall–Kier alpha value is -7.82. The van der Waals surface area contributed by atoms with Crippen LogP contribution >= 0.6 is 81.2 Å². The van der Waals surface area contributed by atoms with Crippen LogP contribution in [-0.4, -0.2) is 112 Å². The summed E-state index contributed by atoms with van der Waals surface area (Å²) in [6, 6.07) is 30.8. The van der Waals surface area contributed by atoms with Crippen molar-refractivity contribution >= 4 is 111 Å². The number of nitrogens with two attached hydrogens (primary N) is 3. The monoisotopic (exact) mass is 1680 g/mol. The number of carbonyl (C=O) groups excluding carboxylic acids is 3. The van der Waals surface area contributed by atoms with E-state index in [1.165, 1.54) is 25.1 Å². The standard InChI is InChI=1S/C27H27Cl2FN4O2.C27H29Cl2FN4O.C13H9Cl3N2O.C12H15FN2O.C2HF3O.H2/c1-3-36-26(35)23-25(32-15(2)22(33-23)17-7-4-8-19(28)21(17)29)34-12-10-27(11-13-34)14-18-16(24(27)31)6-5-9-20(18)30;1-3-35-15-22-26(32-16(2)24(33-22)18-7-4-8-20(28)23(18)29)34-12-10-27(11-13-34)14-19-17(25(27)31)6-5-9-21(19)30;1-6-11(8-4-3-5-9(14)10(8)15)18-12(7(2)19)13(16)17-6;13-9-3-1-2-8-10(9)16-12(11(8)14)4-6-15-7-5-12;3-2(4,5)1-6;/h4-9,24H,3,10-14,31H2,1-2H3;4-9,25H,3,10-15,31H2,1-2H3;3-5H,1-2H3;1-3,11,15H,4-7,14H2;1H;1H/t24-;25-;;11-;;/m11.1../s1/i;;;;;1+2. The van der Waals surface area contributed by atoms with Crippen LogP contribution in [0.2, 0.25) is 35.3 Å². The van der Waals surface area contributed by atoms with Crippen LogP contribution in [0, 0.1) is 49.1 Å². The molecule has 3 spiro atoms. The van der Waals surface area contributed by atoms with Gasteiger partial charge in [-0.25, -0.2) is 47.9 Å². The molecule has 15 rings (SSSR count). The van der Waals surface area contributed by atoms with Crippen LogP contribution in [0.1, 0.15) is 150 Å². The van der Waals surface area contributed by atoms with Gasteiger partial charge in [0.2, 0.25) is 6.29 Å². The number of fused-ring (bicyclic) bond motifs is 3. The van der Waals surface area contributed by atoms with Crippen molar-refractivity contribution in [1.82, 2.24) is 35.2 Å². The summed E-state index contributed by atoms with van der Waals surface area (Å²) in [4.78, 5) is 65.3. The van der Waals surface area contributed by atoms with Crippen molar-refractivity contribution in [3.05, 3.63) is 224 Å². The van der Waals surface area contributed by atoms with E-state index in [1.807, 2.05) is 56.0 Å². The summed E-state index contributed by atoms with van der Waals surface area (Å²) in [5, 5.41) is 5.83. The lowest BCUT2D eigenvalue weighted by Gasteiger charge is -2.43. The Kier molecular flexibility index (Phi) is 27.3. The lowest BCUT2D eigenvalue weighted by atomic mass is 9.73. The topological polar surface area (TPSA) is 253 Å². The number of para-hydroxylation sites is 1. The minimum absolute atomic E-state index is 0. The van der Waals surface area contributed by atoms with Gasteiger partial charge in [0.15, 0.2) is 39.8 Å². The fourth-order valence-electron chi connectivity index (χ4n) is 15.4. The lowest BCUT2D eigenvalue weighted by molar-refractivity contribution is -0.156. The molecule has 3 atom stereocenters. The zero-order valence-electron chi connectivity index (χ0n) is 61.9. The van der Waals surface area contributed by atoms with Gasteiger partial charge in [0, 0.05) is 88.3 Å². The first-order valence-electron chi connectivity index (χ1n) is 36.2. The Balaban J connectivity index is 0.000000162. The van der Waals surface area contributed by atoms with E-state index < -0.39 is 24.0 Å². The average molecular weight is 1680 g/mol. The van der Waals surface area contributed by atoms with Gasteiger partial charge < -0.3 is 46.5 Å². The first kappa shape index (κ1) is 85.1. The van der Waals surface area contributed by atoms with Crippen molar-refractivity contribution < 1.29 is 56.4 Å². The van der Waals surface area contributed by atoms with Crippen molar-refractivity contribution in [2.24, 2.45) is 28.0 Å². The van der Waals surface area contributed by atoms with Gasteiger partial charge in [-0.15, -0.1) is 0 Å². The number of Topliss-reactive ketones (excluding diaryl/α,β-unsaturated/α-hetero) is 1. The molecule has 0 radical (unpaired) electrons. The lowest BCUT2D eigenvalue weighted by Crippen LogP contribution is -2.50. The number of ketones is 1. The Morgan fingerprint density at radius 1 is 0.562 bits per heavy atom.